The average molecular weight is 606 g/mol. The van der Waals surface area contributed by atoms with E-state index >= 15 is 0 Å². The second kappa shape index (κ2) is 10.5. The molecule has 1 saturated heterocycles. The van der Waals surface area contributed by atoms with Crippen LogP contribution in [-0.4, -0.2) is 38.8 Å². The fourth-order valence-corrected chi connectivity index (χ4v) is 7.21. The summed E-state index contributed by atoms with van der Waals surface area (Å²) in [5.41, 5.74) is 2.34. The minimum Gasteiger partial charge on any atom is -0.385 e. The summed E-state index contributed by atoms with van der Waals surface area (Å²) in [7, 11) is 0.798. The molecule has 8 heteroatoms. The molecule has 0 bridgehead atoms. The molecule has 1 saturated carbocycles. The lowest BCUT2D eigenvalue weighted by Gasteiger charge is -2.49. The Morgan fingerprint density at radius 3 is 2.41 bits per heavy atom. The molecule has 2 fully saturated rings. The van der Waals surface area contributed by atoms with E-state index in [-0.39, 0.29) is 35.6 Å². The zero-order valence-electron chi connectivity index (χ0n) is 22.6. The van der Waals surface area contributed by atoms with Crippen molar-refractivity contribution in [1.29, 1.82) is 0 Å². The number of rotatable bonds is 5. The molecule has 2 aliphatic heterocycles. The van der Waals surface area contributed by atoms with Gasteiger partial charge >= 0.3 is 0 Å². The van der Waals surface area contributed by atoms with Crippen LogP contribution in [0.4, 0.5) is 5.69 Å². The van der Waals surface area contributed by atoms with Crippen molar-refractivity contribution < 1.29 is 14.3 Å². The van der Waals surface area contributed by atoms with E-state index in [1.807, 2.05) is 42.5 Å². The average Bonchev–Trinajstić information content (AvgIpc) is 3.59. The van der Waals surface area contributed by atoms with Gasteiger partial charge < -0.3 is 15.4 Å². The van der Waals surface area contributed by atoms with Gasteiger partial charge in [-0.05, 0) is 67.0 Å². The summed E-state index contributed by atoms with van der Waals surface area (Å²) < 4.78 is 6.09. The molecule has 3 aliphatic rings. The largest absolute Gasteiger partial charge is 0.385 e. The summed E-state index contributed by atoms with van der Waals surface area (Å²) in [6, 6.07) is 13.3. The van der Waals surface area contributed by atoms with Crippen LogP contribution < -0.4 is 10.6 Å². The summed E-state index contributed by atoms with van der Waals surface area (Å²) in [4.78, 5) is 26.6. The van der Waals surface area contributed by atoms with Crippen molar-refractivity contribution in [2.24, 2.45) is 5.41 Å². The van der Waals surface area contributed by atoms with Crippen molar-refractivity contribution in [2.45, 2.75) is 82.3 Å². The topological polar surface area (TPSA) is 67.4 Å². The van der Waals surface area contributed by atoms with Crippen LogP contribution in [0, 0.1) is 5.41 Å². The molecule has 4 unspecified atom stereocenters. The molecule has 0 radical (unpaired) electrons. The van der Waals surface area contributed by atoms with Crippen LogP contribution in [0.25, 0.3) is 0 Å². The maximum atomic E-state index is 13.8. The molecule has 2 heterocycles. The Kier molecular flexibility index (Phi) is 8.02. The van der Waals surface area contributed by atoms with E-state index in [0.717, 1.165) is 40.5 Å². The molecule has 1 aliphatic carbocycles. The number of benzene rings is 2. The van der Waals surface area contributed by atoms with Crippen LogP contribution in [0.15, 0.2) is 46.9 Å². The van der Waals surface area contributed by atoms with Crippen molar-refractivity contribution in [3.63, 3.8) is 0 Å². The summed E-state index contributed by atoms with van der Waals surface area (Å²) in [5, 5.41) is 7.00. The van der Waals surface area contributed by atoms with Crippen molar-refractivity contribution in [3.05, 3.63) is 63.1 Å². The van der Waals surface area contributed by atoms with Gasteiger partial charge in [0.05, 0.1) is 14.1 Å². The van der Waals surface area contributed by atoms with Crippen LogP contribution in [0.2, 0.25) is 24.7 Å². The minimum absolute atomic E-state index is 0.00341. The Hall–Kier alpha value is -1.67. The maximum absolute atomic E-state index is 13.8. The third kappa shape index (κ3) is 5.17. The highest BCUT2D eigenvalue weighted by molar-refractivity contribution is 9.10. The molecule has 4 atom stereocenters. The lowest BCUT2D eigenvalue weighted by atomic mass is 9.57. The van der Waals surface area contributed by atoms with Crippen molar-refractivity contribution >= 4 is 53.1 Å². The van der Waals surface area contributed by atoms with Gasteiger partial charge in [-0.15, -0.1) is 0 Å². The quantitative estimate of drug-likeness (QED) is 0.359. The zero-order chi connectivity index (χ0) is 27.2. The molecular weight excluding hydrogens is 568 g/mol. The first kappa shape index (κ1) is 28.3. The summed E-state index contributed by atoms with van der Waals surface area (Å²) in [6.45, 7) is 11.2. The molecule has 37 heavy (non-hydrogen) atoms. The number of methoxy groups -OCH3 is 1. The molecule has 5 rings (SSSR count). The minimum atomic E-state index is -0.983. The fourth-order valence-electron chi connectivity index (χ4n) is 5.94. The van der Waals surface area contributed by atoms with E-state index in [1.54, 1.807) is 7.11 Å². The molecule has 2 amide bonds. The molecule has 2 aromatic rings. The normalized spacial score (nSPS) is 26.5. The first-order valence-corrected chi connectivity index (χ1v) is 17.8. The van der Waals surface area contributed by atoms with Gasteiger partial charge in [0, 0.05) is 40.4 Å². The van der Waals surface area contributed by atoms with Gasteiger partial charge in [-0.3, -0.25) is 9.59 Å². The maximum Gasteiger partial charge on any atom is 0.237 e. The SMILES string of the molecule is CCC1(C2NC(=O)CC(c3cccc(Cl)c3)C23C(=O)Nc2cc(Br)ccc23)CC1.COC(C)[Si](C)(C)C. The van der Waals surface area contributed by atoms with Crippen LogP contribution in [0.3, 0.4) is 0 Å². The van der Waals surface area contributed by atoms with Crippen LogP contribution in [-0.2, 0) is 19.7 Å². The Bertz CT molecular complexity index is 1200. The molecule has 2 N–H and O–H groups in total. The number of hydrogen-bond acceptors (Lipinski definition) is 3. The number of carbonyl (C=O) groups excluding carboxylic acids is 2. The van der Waals surface area contributed by atoms with Gasteiger partial charge in [0.1, 0.15) is 5.41 Å². The standard InChI is InChI=1S/C23H22BrClN2O2.C6H16OSi/c1-2-22(8-9-22)20-23(16-7-6-14(24)11-18(16)26-21(23)29)17(12-19(28)27-20)13-4-3-5-15(25)10-13;1-6(7-2)8(3,4)5/h3-7,10-11,17,20H,2,8-9,12H2,1H3,(H,26,29)(H,27,28);6H,1-5H3. The Balaban J connectivity index is 0.000000349. The van der Waals surface area contributed by atoms with E-state index in [1.165, 1.54) is 0 Å². The zero-order valence-corrected chi connectivity index (χ0v) is 25.9. The Morgan fingerprint density at radius 2 is 1.86 bits per heavy atom. The second-order valence-electron chi connectivity index (χ2n) is 11.8. The number of fused-ring (bicyclic) bond motifs is 2. The lowest BCUT2D eigenvalue weighted by molar-refractivity contribution is -0.133. The van der Waals surface area contributed by atoms with E-state index in [0.29, 0.717) is 10.7 Å². The molecule has 1 spiro atoms. The molecular formula is C29H38BrClN2O3Si. The van der Waals surface area contributed by atoms with Crippen molar-refractivity contribution in [1.82, 2.24) is 5.32 Å². The summed E-state index contributed by atoms with van der Waals surface area (Å²) in [6.07, 6.45) is 3.25. The number of hydrogen-bond donors (Lipinski definition) is 2. The van der Waals surface area contributed by atoms with E-state index in [4.69, 9.17) is 16.3 Å². The second-order valence-corrected chi connectivity index (χ2v) is 18.7. The summed E-state index contributed by atoms with van der Waals surface area (Å²) >= 11 is 9.83. The number of nitrogens with one attached hydrogen (secondary N) is 2. The smallest absolute Gasteiger partial charge is 0.237 e. The highest BCUT2D eigenvalue weighted by atomic mass is 79.9. The number of carbonyl (C=O) groups is 2. The molecule has 5 nitrogen and oxygen atoms in total. The monoisotopic (exact) mass is 604 g/mol. The van der Waals surface area contributed by atoms with Crippen molar-refractivity contribution in [2.75, 3.05) is 12.4 Å². The van der Waals surface area contributed by atoms with Gasteiger partial charge in [0.15, 0.2) is 0 Å². The van der Waals surface area contributed by atoms with Crippen LogP contribution in [0.5, 0.6) is 0 Å². The van der Waals surface area contributed by atoms with Crippen LogP contribution >= 0.6 is 27.5 Å². The number of halogens is 2. The first-order chi connectivity index (χ1) is 17.4. The lowest BCUT2D eigenvalue weighted by Crippen LogP contribution is -2.65. The molecule has 200 valence electrons. The van der Waals surface area contributed by atoms with Gasteiger partial charge in [-0.1, -0.05) is 72.3 Å². The van der Waals surface area contributed by atoms with E-state index in [9.17, 15) is 9.59 Å². The highest BCUT2D eigenvalue weighted by Gasteiger charge is 2.67. The Labute approximate surface area is 235 Å². The van der Waals surface area contributed by atoms with Crippen molar-refractivity contribution in [3.8, 4) is 0 Å². The third-order valence-electron chi connectivity index (χ3n) is 8.78. The van der Waals surface area contributed by atoms with E-state index < -0.39 is 13.5 Å². The predicted molar refractivity (Wildman–Crippen MR) is 157 cm³/mol. The first-order valence-electron chi connectivity index (χ1n) is 13.1. The van der Waals surface area contributed by atoms with Gasteiger partial charge in [-0.2, -0.15) is 0 Å². The predicted octanol–water partition coefficient (Wildman–Crippen LogP) is 7.05. The number of piperidine rings is 1. The van der Waals surface area contributed by atoms with Gasteiger partial charge in [0.2, 0.25) is 11.8 Å². The van der Waals surface area contributed by atoms with Gasteiger partial charge in [-0.25, -0.2) is 0 Å². The fraction of sp³-hybridized carbons (Fsp3) is 0.517. The van der Waals surface area contributed by atoms with Gasteiger partial charge in [0.25, 0.3) is 0 Å². The molecule has 0 aromatic heterocycles. The number of amides is 2. The third-order valence-corrected chi connectivity index (χ3v) is 12.2. The molecule has 2 aromatic carbocycles. The highest BCUT2D eigenvalue weighted by Crippen LogP contribution is 2.63. The summed E-state index contributed by atoms with van der Waals surface area (Å²) in [5.74, 6) is -0.296. The Morgan fingerprint density at radius 1 is 1.16 bits per heavy atom. The van der Waals surface area contributed by atoms with Crippen LogP contribution in [0.1, 0.15) is 56.6 Å². The van der Waals surface area contributed by atoms with E-state index in [2.05, 4.69) is 60.1 Å². The number of anilines is 1. The number of ether oxygens (including phenoxy) is 1.